The summed E-state index contributed by atoms with van der Waals surface area (Å²) in [6.45, 7) is 3.16. The van der Waals surface area contributed by atoms with E-state index in [2.05, 4.69) is 15.2 Å². The maximum absolute atomic E-state index is 14.9. The number of ether oxygens (including phenoxy) is 1. The van der Waals surface area contributed by atoms with Crippen molar-refractivity contribution in [2.75, 3.05) is 38.6 Å². The van der Waals surface area contributed by atoms with E-state index in [9.17, 15) is 23.1 Å². The van der Waals surface area contributed by atoms with Gasteiger partial charge in [-0.25, -0.2) is 4.98 Å². The Morgan fingerprint density at radius 3 is 2.42 bits per heavy atom. The normalized spacial score (nSPS) is 27.9. The number of nitrogens with zero attached hydrogens (tertiary/aromatic N) is 4. The number of halogens is 1. The standard InChI is InChI=1S/C32H36ClN5O6S/c1-3-44-31-24(13-9-17-34-31)28-29(27-23-12-7-8-14-25(23)35-30(27)39)38(32(40)41,45(42,43)22-10-5-4-6-11-22)20-26(33)37(28)21-15-18-36(2)19-16-21/h4-14,17,21,26-29H,3,15-16,18-20H2,1-2H3,(H-,35,39,40,41)/p+1. The number of piperazine rings is 1. The van der Waals surface area contributed by atoms with E-state index in [0.29, 0.717) is 16.8 Å². The molecule has 3 aliphatic heterocycles. The second-order valence-electron chi connectivity index (χ2n) is 11.8. The van der Waals surface area contributed by atoms with Crippen molar-refractivity contribution in [3.05, 3.63) is 84.1 Å². The van der Waals surface area contributed by atoms with Gasteiger partial charge in [-0.2, -0.15) is 13.2 Å². The van der Waals surface area contributed by atoms with Crippen molar-refractivity contribution in [3.63, 3.8) is 0 Å². The second kappa shape index (κ2) is 12.3. The summed E-state index contributed by atoms with van der Waals surface area (Å²) in [6.07, 6.45) is 1.40. The van der Waals surface area contributed by atoms with E-state index in [1.165, 1.54) is 12.1 Å². The van der Waals surface area contributed by atoms with Gasteiger partial charge in [-0.1, -0.05) is 54.1 Å². The van der Waals surface area contributed by atoms with Crippen LogP contribution in [0.2, 0.25) is 0 Å². The van der Waals surface area contributed by atoms with E-state index in [-0.39, 0.29) is 23.4 Å². The molecule has 5 unspecified atom stereocenters. The molecule has 238 valence electrons. The first-order valence-electron chi connectivity index (χ1n) is 15.1. The van der Waals surface area contributed by atoms with Gasteiger partial charge >= 0.3 is 16.1 Å². The van der Waals surface area contributed by atoms with Crippen molar-refractivity contribution in [1.29, 1.82) is 0 Å². The lowest BCUT2D eigenvalue weighted by atomic mass is 9.80. The van der Waals surface area contributed by atoms with Crippen molar-refractivity contribution in [2.45, 2.75) is 54.2 Å². The molecule has 1 aromatic heterocycles. The Morgan fingerprint density at radius 2 is 1.73 bits per heavy atom. The van der Waals surface area contributed by atoms with Crippen molar-refractivity contribution >= 4 is 39.3 Å². The number of sulfonamides is 1. The van der Waals surface area contributed by atoms with Crippen LogP contribution in [0.3, 0.4) is 0 Å². The first kappa shape index (κ1) is 31.4. The molecule has 0 radical (unpaired) electrons. The number of carbonyl (C=O) groups excluding carboxylic acids is 1. The second-order valence-corrected chi connectivity index (χ2v) is 14.4. The van der Waals surface area contributed by atoms with Crippen LogP contribution in [0.5, 0.6) is 5.88 Å². The summed E-state index contributed by atoms with van der Waals surface area (Å²) < 4.78 is 34.4. The topological polar surface area (TPSA) is 129 Å². The highest BCUT2D eigenvalue weighted by atomic mass is 35.5. The third-order valence-electron chi connectivity index (χ3n) is 9.35. The number of piperidine rings is 1. The molecular weight excluding hydrogens is 618 g/mol. The van der Waals surface area contributed by atoms with E-state index in [4.69, 9.17) is 16.3 Å². The van der Waals surface area contributed by atoms with Crippen LogP contribution < -0.4 is 10.1 Å². The van der Waals surface area contributed by atoms with Crippen molar-refractivity contribution in [3.8, 4) is 5.88 Å². The van der Waals surface area contributed by atoms with Gasteiger partial charge in [0.15, 0.2) is 6.04 Å². The van der Waals surface area contributed by atoms with Crippen molar-refractivity contribution in [2.24, 2.45) is 0 Å². The molecule has 3 aromatic rings. The quantitative estimate of drug-likeness (QED) is 0.215. The minimum atomic E-state index is -4.72. The molecule has 6 rings (SSSR count). The zero-order chi connectivity index (χ0) is 31.9. The maximum Gasteiger partial charge on any atom is 0.529 e. The number of anilines is 1. The van der Waals surface area contributed by atoms with Gasteiger partial charge in [0.2, 0.25) is 11.8 Å². The number of aromatic nitrogens is 1. The Balaban J connectivity index is 1.69. The SMILES string of the molecule is CCOc1ncccc1C1C(C2C(=O)Nc3ccccc32)[N+](C(=O)O)(S(=O)(=O)c2ccccc2)CC(Cl)N1C1CCN(C)CC1. The van der Waals surface area contributed by atoms with Gasteiger partial charge in [-0.05, 0) is 69.7 Å². The number of rotatable bonds is 7. The molecule has 11 nitrogen and oxygen atoms in total. The number of amides is 2. The third-order valence-corrected chi connectivity index (χ3v) is 12.0. The largest absolute Gasteiger partial charge is 0.529 e. The summed E-state index contributed by atoms with van der Waals surface area (Å²) in [5.41, 5.74) is 0.506. The summed E-state index contributed by atoms with van der Waals surface area (Å²) in [7, 11) is -2.68. The van der Waals surface area contributed by atoms with E-state index in [1.807, 2.05) is 18.9 Å². The van der Waals surface area contributed by atoms with Crippen molar-refractivity contribution < 1.29 is 31.7 Å². The molecule has 2 fully saturated rings. The fraction of sp³-hybridized carbons (Fsp3) is 0.406. The predicted octanol–water partition coefficient (Wildman–Crippen LogP) is 4.48. The number of pyridine rings is 1. The summed E-state index contributed by atoms with van der Waals surface area (Å²) in [5.74, 6) is -1.39. The Labute approximate surface area is 268 Å². The summed E-state index contributed by atoms with van der Waals surface area (Å²) in [5, 5.41) is 14.2. The highest BCUT2D eigenvalue weighted by molar-refractivity contribution is 7.86. The first-order chi connectivity index (χ1) is 21.6. The fourth-order valence-corrected chi connectivity index (χ4v) is 9.90. The molecule has 2 aromatic carbocycles. The average molecular weight is 655 g/mol. The fourth-order valence-electron chi connectivity index (χ4n) is 7.34. The van der Waals surface area contributed by atoms with E-state index >= 15 is 0 Å². The Bertz CT molecular complexity index is 1690. The Kier molecular flexibility index (Phi) is 8.61. The zero-order valence-corrected chi connectivity index (χ0v) is 26.7. The van der Waals surface area contributed by atoms with Gasteiger partial charge in [0.1, 0.15) is 22.9 Å². The molecule has 2 saturated heterocycles. The van der Waals surface area contributed by atoms with Gasteiger partial charge in [0.25, 0.3) is 0 Å². The molecular formula is C32H37ClN5O6S+. The maximum atomic E-state index is 14.9. The minimum absolute atomic E-state index is 0.124. The number of nitrogens with one attached hydrogen (secondary N) is 1. The minimum Gasteiger partial charge on any atom is -0.478 e. The van der Waals surface area contributed by atoms with Crippen LogP contribution in [0.4, 0.5) is 10.5 Å². The number of hydrogen-bond donors (Lipinski definition) is 2. The molecule has 4 heterocycles. The number of carbonyl (C=O) groups is 2. The molecule has 3 aliphatic rings. The average Bonchev–Trinajstić information content (AvgIpc) is 3.37. The van der Waals surface area contributed by atoms with Gasteiger partial charge in [-0.15, -0.1) is 3.89 Å². The highest BCUT2D eigenvalue weighted by Gasteiger charge is 2.69. The van der Waals surface area contributed by atoms with Crippen LogP contribution in [0, 0.1) is 0 Å². The van der Waals surface area contributed by atoms with Gasteiger partial charge in [0, 0.05) is 23.5 Å². The van der Waals surface area contributed by atoms with Crippen LogP contribution in [0.25, 0.3) is 0 Å². The predicted molar refractivity (Wildman–Crippen MR) is 169 cm³/mol. The lowest BCUT2D eigenvalue weighted by Gasteiger charge is -2.55. The molecule has 2 amide bonds. The van der Waals surface area contributed by atoms with Crippen LogP contribution in [-0.2, 0) is 14.8 Å². The number of carboxylic acid groups (broad SMARTS) is 1. The molecule has 5 atom stereocenters. The van der Waals surface area contributed by atoms with Crippen LogP contribution in [0.15, 0.2) is 77.8 Å². The molecule has 2 N–H and O–H groups in total. The molecule has 45 heavy (non-hydrogen) atoms. The Hall–Kier alpha value is -3.55. The van der Waals surface area contributed by atoms with Gasteiger partial charge in [-0.3, -0.25) is 9.69 Å². The molecule has 0 aliphatic carbocycles. The number of alkyl halides is 1. The van der Waals surface area contributed by atoms with Gasteiger partial charge < -0.3 is 20.1 Å². The lowest BCUT2D eigenvalue weighted by molar-refractivity contribution is -0.777. The van der Waals surface area contributed by atoms with Crippen LogP contribution in [-0.4, -0.2) is 95.1 Å². The van der Waals surface area contributed by atoms with E-state index in [1.54, 1.807) is 60.8 Å². The molecule has 0 saturated carbocycles. The number of quaternary nitrogens is 1. The molecule has 0 spiro atoms. The van der Waals surface area contributed by atoms with Crippen LogP contribution >= 0.6 is 11.6 Å². The number of likely N-dealkylation sites (tertiary alicyclic amines) is 1. The Morgan fingerprint density at radius 1 is 1.07 bits per heavy atom. The van der Waals surface area contributed by atoms with E-state index in [0.717, 1.165) is 25.9 Å². The molecule has 13 heteroatoms. The monoisotopic (exact) mass is 654 g/mol. The number of benzene rings is 2. The smallest absolute Gasteiger partial charge is 0.478 e. The number of fused-ring (bicyclic) bond motifs is 1. The van der Waals surface area contributed by atoms with Gasteiger partial charge in [0.05, 0.1) is 12.6 Å². The van der Waals surface area contributed by atoms with Crippen LogP contribution in [0.1, 0.15) is 42.9 Å². The number of hydrogen-bond acceptors (Lipinski definition) is 8. The third kappa shape index (κ3) is 5.18. The van der Waals surface area contributed by atoms with E-state index < -0.39 is 56.0 Å². The lowest BCUT2D eigenvalue weighted by Crippen LogP contribution is -2.75. The first-order valence-corrected chi connectivity index (χ1v) is 17.0. The highest BCUT2D eigenvalue weighted by Crippen LogP contribution is 2.53. The van der Waals surface area contributed by atoms with Crippen molar-refractivity contribution in [1.82, 2.24) is 14.8 Å². The summed E-state index contributed by atoms with van der Waals surface area (Å²) in [4.78, 5) is 36.5. The molecule has 0 bridgehead atoms. The summed E-state index contributed by atoms with van der Waals surface area (Å²) in [6, 6.07) is 15.6. The zero-order valence-electron chi connectivity index (χ0n) is 25.1. The number of para-hydroxylation sites is 1. The summed E-state index contributed by atoms with van der Waals surface area (Å²) >= 11 is 7.26.